The molecule has 0 spiro atoms. The Hall–Kier alpha value is -0.870. The highest BCUT2D eigenvalue weighted by molar-refractivity contribution is 7.14. The normalized spacial score (nSPS) is 12.5. The molecule has 1 heterocycles. The summed E-state index contributed by atoms with van der Waals surface area (Å²) in [6.45, 7) is 2.78. The van der Waals surface area contributed by atoms with Crippen LogP contribution in [0.1, 0.15) is 13.3 Å². The van der Waals surface area contributed by atoms with Crippen molar-refractivity contribution in [3.05, 3.63) is 17.5 Å². The molecule has 1 N–H and O–H groups in total. The van der Waals surface area contributed by atoms with Crippen molar-refractivity contribution in [2.75, 3.05) is 25.5 Å². The lowest BCUT2D eigenvalue weighted by atomic mass is 10.1. The number of rotatable bonds is 5. The van der Waals surface area contributed by atoms with Crippen LogP contribution in [-0.2, 0) is 4.79 Å². The lowest BCUT2D eigenvalue weighted by Crippen LogP contribution is -2.36. The van der Waals surface area contributed by atoms with Crippen molar-refractivity contribution in [3.63, 3.8) is 0 Å². The largest absolute Gasteiger partial charge is 0.319 e. The number of nitrogens with zero attached hydrogens (tertiary/aromatic N) is 1. The Balaban J connectivity index is 2.66. The zero-order chi connectivity index (χ0) is 11.3. The van der Waals surface area contributed by atoms with Gasteiger partial charge >= 0.3 is 0 Å². The van der Waals surface area contributed by atoms with E-state index in [1.54, 1.807) is 16.2 Å². The molecule has 84 valence electrons. The Kier molecular flexibility index (Phi) is 4.78. The van der Waals surface area contributed by atoms with Gasteiger partial charge in [-0.15, -0.1) is 11.3 Å². The lowest BCUT2D eigenvalue weighted by Gasteiger charge is -2.21. The van der Waals surface area contributed by atoms with Gasteiger partial charge in [-0.05, 0) is 31.0 Å². The maximum Gasteiger partial charge on any atom is 0.231 e. The van der Waals surface area contributed by atoms with Gasteiger partial charge in [-0.25, -0.2) is 0 Å². The first-order valence-corrected chi connectivity index (χ1v) is 6.04. The van der Waals surface area contributed by atoms with Gasteiger partial charge in [-0.1, -0.05) is 6.92 Å². The van der Waals surface area contributed by atoms with Crippen LogP contribution in [0.15, 0.2) is 17.5 Å². The molecule has 3 nitrogen and oxygen atoms in total. The smallest absolute Gasteiger partial charge is 0.231 e. The lowest BCUT2D eigenvalue weighted by molar-refractivity contribution is -0.122. The van der Waals surface area contributed by atoms with Crippen LogP contribution in [-0.4, -0.2) is 26.5 Å². The number of thiophene rings is 1. The molecule has 0 aliphatic carbocycles. The highest BCUT2D eigenvalue weighted by Gasteiger charge is 2.20. The van der Waals surface area contributed by atoms with E-state index >= 15 is 0 Å². The van der Waals surface area contributed by atoms with Gasteiger partial charge in [0.15, 0.2) is 0 Å². The molecule has 0 bridgehead atoms. The van der Waals surface area contributed by atoms with Gasteiger partial charge in [0.05, 0.1) is 10.9 Å². The first-order chi connectivity index (χ1) is 7.20. The van der Waals surface area contributed by atoms with Crippen LogP contribution in [0.4, 0.5) is 5.00 Å². The number of carbonyl (C=O) groups excluding carboxylic acids is 1. The third-order valence-corrected chi connectivity index (χ3v) is 3.40. The molecule has 0 fully saturated rings. The second-order valence-corrected chi connectivity index (χ2v) is 4.44. The second kappa shape index (κ2) is 5.88. The molecule has 0 aliphatic heterocycles. The number of nitrogens with one attached hydrogen (secondary N) is 1. The highest BCUT2D eigenvalue weighted by atomic mass is 32.1. The molecule has 15 heavy (non-hydrogen) atoms. The predicted molar refractivity (Wildman–Crippen MR) is 65.4 cm³/mol. The molecule has 0 radical (unpaired) electrons. The first-order valence-electron chi connectivity index (χ1n) is 5.16. The summed E-state index contributed by atoms with van der Waals surface area (Å²) in [5.41, 5.74) is 0. The molecule has 0 saturated carbocycles. The Labute approximate surface area is 95.1 Å². The SMILES string of the molecule is CCC(CNC)C(=O)N(C)c1cccs1. The molecule has 1 aromatic rings. The molecule has 1 atom stereocenters. The fourth-order valence-corrected chi connectivity index (χ4v) is 2.20. The molecule has 1 amide bonds. The topological polar surface area (TPSA) is 32.3 Å². The van der Waals surface area contributed by atoms with Gasteiger partial charge in [0.25, 0.3) is 0 Å². The molecule has 4 heteroatoms. The fraction of sp³-hybridized carbons (Fsp3) is 0.545. The Morgan fingerprint density at radius 2 is 2.40 bits per heavy atom. The van der Waals surface area contributed by atoms with E-state index in [2.05, 4.69) is 5.32 Å². The Bertz CT molecular complexity index is 298. The minimum Gasteiger partial charge on any atom is -0.319 e. The van der Waals surface area contributed by atoms with E-state index in [9.17, 15) is 4.79 Å². The van der Waals surface area contributed by atoms with Crippen molar-refractivity contribution in [1.29, 1.82) is 0 Å². The van der Waals surface area contributed by atoms with Crippen molar-refractivity contribution in [2.24, 2.45) is 5.92 Å². The van der Waals surface area contributed by atoms with Gasteiger partial charge in [-0.2, -0.15) is 0 Å². The molecule has 1 unspecified atom stereocenters. The van der Waals surface area contributed by atoms with Crippen molar-refractivity contribution >= 4 is 22.2 Å². The minimum atomic E-state index is 0.0714. The molecule has 0 aromatic carbocycles. The average Bonchev–Trinajstić information content (AvgIpc) is 2.77. The number of anilines is 1. The van der Waals surface area contributed by atoms with Crippen LogP contribution in [0.5, 0.6) is 0 Å². The van der Waals surface area contributed by atoms with Crippen LogP contribution < -0.4 is 10.2 Å². The van der Waals surface area contributed by atoms with E-state index in [1.165, 1.54) is 0 Å². The summed E-state index contributed by atoms with van der Waals surface area (Å²) >= 11 is 1.59. The van der Waals surface area contributed by atoms with Crippen molar-refractivity contribution in [3.8, 4) is 0 Å². The molecular formula is C11H18N2OS. The molecule has 0 aliphatic rings. The van der Waals surface area contributed by atoms with Crippen molar-refractivity contribution in [1.82, 2.24) is 5.32 Å². The number of hydrogen-bond acceptors (Lipinski definition) is 3. The van der Waals surface area contributed by atoms with Crippen LogP contribution in [0.25, 0.3) is 0 Å². The Morgan fingerprint density at radius 3 is 2.87 bits per heavy atom. The van der Waals surface area contributed by atoms with E-state index in [0.29, 0.717) is 0 Å². The molecule has 0 saturated heterocycles. The summed E-state index contributed by atoms with van der Waals surface area (Å²) < 4.78 is 0. The van der Waals surface area contributed by atoms with Gasteiger partial charge in [-0.3, -0.25) is 4.79 Å². The third kappa shape index (κ3) is 3.04. The maximum absolute atomic E-state index is 12.1. The van der Waals surface area contributed by atoms with Crippen molar-refractivity contribution < 1.29 is 4.79 Å². The van der Waals surface area contributed by atoms with Gasteiger partial charge in [0.1, 0.15) is 0 Å². The van der Waals surface area contributed by atoms with E-state index in [1.807, 2.05) is 38.5 Å². The monoisotopic (exact) mass is 226 g/mol. The van der Waals surface area contributed by atoms with E-state index in [-0.39, 0.29) is 11.8 Å². The highest BCUT2D eigenvalue weighted by Crippen LogP contribution is 2.21. The van der Waals surface area contributed by atoms with E-state index < -0.39 is 0 Å². The summed E-state index contributed by atoms with van der Waals surface area (Å²) in [6.07, 6.45) is 0.870. The fourth-order valence-electron chi connectivity index (χ4n) is 1.50. The maximum atomic E-state index is 12.1. The summed E-state index contributed by atoms with van der Waals surface area (Å²) in [4.78, 5) is 13.8. The number of hydrogen-bond donors (Lipinski definition) is 1. The number of amides is 1. The van der Waals surface area contributed by atoms with E-state index in [4.69, 9.17) is 0 Å². The van der Waals surface area contributed by atoms with Gasteiger partial charge < -0.3 is 10.2 Å². The van der Waals surface area contributed by atoms with Crippen LogP contribution in [0.3, 0.4) is 0 Å². The predicted octanol–water partition coefficient (Wildman–Crippen LogP) is 1.96. The summed E-state index contributed by atoms with van der Waals surface area (Å²) in [6, 6.07) is 3.93. The third-order valence-electron chi connectivity index (χ3n) is 2.46. The van der Waals surface area contributed by atoms with Crippen LogP contribution in [0.2, 0.25) is 0 Å². The first kappa shape index (κ1) is 12.2. The minimum absolute atomic E-state index is 0.0714. The Morgan fingerprint density at radius 1 is 1.67 bits per heavy atom. The molecule has 1 aromatic heterocycles. The van der Waals surface area contributed by atoms with E-state index in [0.717, 1.165) is 18.0 Å². The zero-order valence-electron chi connectivity index (χ0n) is 9.49. The second-order valence-electron chi connectivity index (χ2n) is 3.51. The quantitative estimate of drug-likeness (QED) is 0.832. The van der Waals surface area contributed by atoms with Crippen molar-refractivity contribution in [2.45, 2.75) is 13.3 Å². The molecular weight excluding hydrogens is 208 g/mol. The standard InChI is InChI=1S/C11H18N2OS/c1-4-9(8-12-2)11(14)13(3)10-6-5-7-15-10/h5-7,9,12H,4,8H2,1-3H3. The van der Waals surface area contributed by atoms with Crippen LogP contribution >= 0.6 is 11.3 Å². The zero-order valence-corrected chi connectivity index (χ0v) is 10.3. The molecule has 1 rings (SSSR count). The van der Waals surface area contributed by atoms with Gasteiger partial charge in [0, 0.05) is 13.6 Å². The summed E-state index contributed by atoms with van der Waals surface area (Å²) in [5.74, 6) is 0.261. The summed E-state index contributed by atoms with van der Waals surface area (Å²) in [7, 11) is 3.72. The summed E-state index contributed by atoms with van der Waals surface area (Å²) in [5, 5.41) is 6.05. The van der Waals surface area contributed by atoms with Gasteiger partial charge in [0.2, 0.25) is 5.91 Å². The average molecular weight is 226 g/mol. The van der Waals surface area contributed by atoms with Crippen LogP contribution in [0, 0.1) is 5.92 Å². The number of carbonyl (C=O) groups is 1.